The van der Waals surface area contributed by atoms with E-state index in [0.717, 1.165) is 5.56 Å². The lowest BCUT2D eigenvalue weighted by Gasteiger charge is -2.21. The second-order valence-electron chi connectivity index (χ2n) is 7.92. The molecule has 3 aromatic heterocycles. The van der Waals surface area contributed by atoms with Gasteiger partial charge in [-0.1, -0.05) is 10.3 Å². The van der Waals surface area contributed by atoms with Crippen LogP contribution in [0.3, 0.4) is 0 Å². The number of hydrogen-bond donors (Lipinski definition) is 0. The number of carbonyl (C=O) groups excluding carboxylic acids is 2. The van der Waals surface area contributed by atoms with Gasteiger partial charge in [0.25, 0.3) is 11.5 Å². The zero-order valence-electron chi connectivity index (χ0n) is 18.7. The molecule has 0 radical (unpaired) electrons. The molecule has 0 saturated heterocycles. The van der Waals surface area contributed by atoms with Gasteiger partial charge in [0.1, 0.15) is 22.7 Å². The van der Waals surface area contributed by atoms with Crippen LogP contribution in [-0.4, -0.2) is 63.7 Å². The summed E-state index contributed by atoms with van der Waals surface area (Å²) in [4.78, 5) is 42.3. The summed E-state index contributed by atoms with van der Waals surface area (Å²) in [6.07, 6.45) is 0.680. The fraction of sp³-hybridized carbons (Fsp3) is 0.409. The molecule has 0 bridgehead atoms. The normalized spacial score (nSPS) is 13.4. The minimum atomic E-state index is -0.309. The molecule has 0 N–H and O–H groups in total. The zero-order valence-corrected chi connectivity index (χ0v) is 19.6. The first-order chi connectivity index (χ1) is 15.9. The molecule has 3 aromatic rings. The van der Waals surface area contributed by atoms with Crippen LogP contribution in [0.4, 0.5) is 0 Å². The summed E-state index contributed by atoms with van der Waals surface area (Å²) in [7, 11) is 3.08. The maximum atomic E-state index is 13.5. The Morgan fingerprint density at radius 3 is 2.76 bits per heavy atom. The van der Waals surface area contributed by atoms with Crippen molar-refractivity contribution in [1.82, 2.24) is 24.7 Å². The summed E-state index contributed by atoms with van der Waals surface area (Å²) in [5, 5.41) is 11.5. The van der Waals surface area contributed by atoms with Crippen LogP contribution in [0.2, 0.25) is 0 Å². The van der Waals surface area contributed by atoms with Crippen molar-refractivity contribution in [2.45, 2.75) is 32.9 Å². The molecule has 174 valence electrons. The summed E-state index contributed by atoms with van der Waals surface area (Å²) in [6.45, 7) is 3.06. The number of methoxy groups -OCH3 is 1. The van der Waals surface area contributed by atoms with Crippen LogP contribution in [0, 0.1) is 6.92 Å². The third-order valence-electron chi connectivity index (χ3n) is 5.80. The van der Waals surface area contributed by atoms with Gasteiger partial charge in [0.05, 0.1) is 20.1 Å². The minimum Gasteiger partial charge on any atom is -0.496 e. The van der Waals surface area contributed by atoms with E-state index in [4.69, 9.17) is 9.37 Å². The second-order valence-corrected chi connectivity index (χ2v) is 8.70. The van der Waals surface area contributed by atoms with E-state index >= 15 is 0 Å². The lowest BCUT2D eigenvalue weighted by Crippen LogP contribution is -2.35. The van der Waals surface area contributed by atoms with Crippen LogP contribution in [0.5, 0.6) is 5.75 Å². The molecule has 0 spiro atoms. The predicted molar refractivity (Wildman–Crippen MR) is 120 cm³/mol. The van der Waals surface area contributed by atoms with Gasteiger partial charge in [0.15, 0.2) is 0 Å². The molecule has 4 heterocycles. The molecule has 10 nitrogen and oxygen atoms in total. The number of thiophene rings is 1. The van der Waals surface area contributed by atoms with Crippen LogP contribution in [-0.2, 0) is 30.7 Å². The molecule has 1 aliphatic rings. The molecule has 0 unspecified atom stereocenters. The van der Waals surface area contributed by atoms with Crippen LogP contribution in [0.1, 0.15) is 33.0 Å². The molecule has 0 aromatic carbocycles. The summed E-state index contributed by atoms with van der Waals surface area (Å²) in [5.74, 6) is -0.0904. The van der Waals surface area contributed by atoms with Crippen molar-refractivity contribution < 1.29 is 19.0 Å². The van der Waals surface area contributed by atoms with E-state index in [2.05, 4.69) is 10.3 Å². The molecule has 0 fully saturated rings. The number of nitrogens with zero attached hydrogens (tertiary/aromatic N) is 5. The van der Waals surface area contributed by atoms with E-state index in [1.807, 2.05) is 16.8 Å². The van der Waals surface area contributed by atoms with Crippen LogP contribution in [0.15, 0.2) is 32.3 Å². The number of carbonyl (C=O) groups is 2. The van der Waals surface area contributed by atoms with Crippen molar-refractivity contribution >= 4 is 23.2 Å². The summed E-state index contributed by atoms with van der Waals surface area (Å²) in [5.41, 5.74) is 2.75. The Labute approximate surface area is 194 Å². The average molecular weight is 472 g/mol. The van der Waals surface area contributed by atoms with Gasteiger partial charge in [0.2, 0.25) is 5.91 Å². The number of fused-ring (bicyclic) bond motifs is 1. The molecule has 33 heavy (non-hydrogen) atoms. The lowest BCUT2D eigenvalue weighted by molar-refractivity contribution is -0.130. The SMILES string of the molecule is COc1cc(=O)n2c(c1C(=O)N(C)Cc1nonc1C)CCN(C(=O)Cc1ccsc1)CC2. The second kappa shape index (κ2) is 9.57. The lowest BCUT2D eigenvalue weighted by atomic mass is 10.1. The van der Waals surface area contributed by atoms with Crippen molar-refractivity contribution in [1.29, 1.82) is 0 Å². The molecule has 1 aliphatic heterocycles. The van der Waals surface area contributed by atoms with Crippen molar-refractivity contribution in [3.63, 3.8) is 0 Å². The average Bonchev–Trinajstić information content (AvgIpc) is 3.39. The molecule has 0 atom stereocenters. The van der Waals surface area contributed by atoms with Crippen molar-refractivity contribution in [3.8, 4) is 5.75 Å². The number of aromatic nitrogens is 3. The summed E-state index contributed by atoms with van der Waals surface area (Å²) >= 11 is 1.55. The highest BCUT2D eigenvalue weighted by Gasteiger charge is 2.28. The monoisotopic (exact) mass is 471 g/mol. The van der Waals surface area contributed by atoms with Crippen LogP contribution < -0.4 is 10.3 Å². The Morgan fingerprint density at radius 2 is 2.09 bits per heavy atom. The molecule has 0 aliphatic carbocycles. The van der Waals surface area contributed by atoms with E-state index in [-0.39, 0.29) is 29.7 Å². The van der Waals surface area contributed by atoms with Gasteiger partial charge in [-0.05, 0) is 29.3 Å². The highest BCUT2D eigenvalue weighted by molar-refractivity contribution is 7.08. The van der Waals surface area contributed by atoms with Gasteiger partial charge in [-0.3, -0.25) is 14.4 Å². The van der Waals surface area contributed by atoms with Gasteiger partial charge < -0.3 is 19.1 Å². The highest BCUT2D eigenvalue weighted by Crippen LogP contribution is 2.25. The van der Waals surface area contributed by atoms with Crippen LogP contribution in [0.25, 0.3) is 0 Å². The van der Waals surface area contributed by atoms with Gasteiger partial charge >= 0.3 is 0 Å². The molecular formula is C22H25N5O5S. The number of hydrogen-bond acceptors (Lipinski definition) is 8. The number of ether oxygens (including phenoxy) is 1. The third-order valence-corrected chi connectivity index (χ3v) is 6.53. The number of amides is 2. The van der Waals surface area contributed by atoms with Gasteiger partial charge in [-0.15, -0.1) is 0 Å². The summed E-state index contributed by atoms with van der Waals surface area (Å²) < 4.78 is 11.7. The molecule has 11 heteroatoms. The smallest absolute Gasteiger partial charge is 0.259 e. The van der Waals surface area contributed by atoms with E-state index in [9.17, 15) is 14.4 Å². The van der Waals surface area contributed by atoms with Gasteiger partial charge in [0, 0.05) is 44.9 Å². The standard InChI is InChI=1S/C22H25N5O5S/c1-14-16(24-32-23-14)12-25(2)22(30)21-17-4-6-26(19(28)10-15-5-9-33-13-15)7-8-27(17)20(29)11-18(21)31-3/h5,9,11,13H,4,6-8,10,12H2,1-3H3. The largest absolute Gasteiger partial charge is 0.496 e. The Balaban J connectivity index is 1.61. The highest BCUT2D eigenvalue weighted by atomic mass is 32.1. The first-order valence-electron chi connectivity index (χ1n) is 10.5. The van der Waals surface area contributed by atoms with E-state index in [1.165, 1.54) is 18.1 Å². The predicted octanol–water partition coefficient (Wildman–Crippen LogP) is 1.51. The van der Waals surface area contributed by atoms with E-state index < -0.39 is 0 Å². The van der Waals surface area contributed by atoms with Gasteiger partial charge in [-0.25, -0.2) is 4.63 Å². The van der Waals surface area contributed by atoms with Crippen LogP contribution >= 0.6 is 11.3 Å². The quantitative estimate of drug-likeness (QED) is 0.536. The van der Waals surface area contributed by atoms with Crippen molar-refractivity contribution in [2.75, 3.05) is 27.2 Å². The number of aryl methyl sites for hydroxylation is 1. The number of rotatable bonds is 6. The molecule has 2 amide bonds. The van der Waals surface area contributed by atoms with Crippen molar-refractivity contribution in [3.05, 3.63) is 61.5 Å². The van der Waals surface area contributed by atoms with Crippen molar-refractivity contribution in [2.24, 2.45) is 0 Å². The fourth-order valence-corrected chi connectivity index (χ4v) is 4.62. The Kier molecular flexibility index (Phi) is 6.59. The number of pyridine rings is 1. The van der Waals surface area contributed by atoms with Gasteiger partial charge in [-0.2, -0.15) is 11.3 Å². The third kappa shape index (κ3) is 4.68. The maximum Gasteiger partial charge on any atom is 0.259 e. The Morgan fingerprint density at radius 1 is 1.27 bits per heavy atom. The molecule has 4 rings (SSSR count). The summed E-state index contributed by atoms with van der Waals surface area (Å²) in [6, 6.07) is 3.26. The van der Waals surface area contributed by atoms with E-state index in [0.29, 0.717) is 55.1 Å². The fourth-order valence-electron chi connectivity index (χ4n) is 3.95. The first kappa shape index (κ1) is 22.7. The molecule has 0 saturated carbocycles. The maximum absolute atomic E-state index is 13.5. The Hall–Kier alpha value is -3.47. The molecular weight excluding hydrogens is 446 g/mol. The minimum absolute atomic E-state index is 0.000206. The first-order valence-corrected chi connectivity index (χ1v) is 11.5. The zero-order chi connectivity index (χ0) is 23.5. The van der Waals surface area contributed by atoms with E-state index in [1.54, 1.807) is 34.8 Å². The topological polar surface area (TPSA) is 111 Å². The Bertz CT molecular complexity index is 1220.